The highest BCUT2D eigenvalue weighted by molar-refractivity contribution is 14.0. The molecule has 2 N–H and O–H groups in total. The maximum absolute atomic E-state index is 10.7. The van der Waals surface area contributed by atoms with E-state index in [1.54, 1.807) is 18.3 Å². The number of nitrogens with one attached hydrogen (secondary N) is 2. The first-order valence-electron chi connectivity index (χ1n) is 8.33. The van der Waals surface area contributed by atoms with Gasteiger partial charge in [0, 0.05) is 24.9 Å². The van der Waals surface area contributed by atoms with Crippen molar-refractivity contribution < 1.29 is 4.92 Å². The molecule has 0 aliphatic rings. The van der Waals surface area contributed by atoms with Crippen molar-refractivity contribution in [2.24, 2.45) is 4.99 Å². The first-order chi connectivity index (χ1) is 12.7. The quantitative estimate of drug-likeness (QED) is 0.136. The second-order valence-corrected chi connectivity index (χ2v) is 6.52. The van der Waals surface area contributed by atoms with E-state index in [9.17, 15) is 10.1 Å². The Bertz CT molecular complexity index is 713. The molecule has 27 heavy (non-hydrogen) atoms. The summed E-state index contributed by atoms with van der Waals surface area (Å²) < 4.78 is 0. The molecule has 0 aliphatic carbocycles. The average Bonchev–Trinajstić information content (AvgIpc) is 2.67. The van der Waals surface area contributed by atoms with E-state index in [2.05, 4.69) is 26.9 Å². The van der Waals surface area contributed by atoms with Gasteiger partial charge in [-0.2, -0.15) is 11.8 Å². The van der Waals surface area contributed by atoms with Gasteiger partial charge in [0.15, 0.2) is 5.96 Å². The Balaban J connectivity index is 0.00000364. The summed E-state index contributed by atoms with van der Waals surface area (Å²) in [6.07, 6.45) is 4.89. The molecule has 1 heterocycles. The molecule has 0 aliphatic heterocycles. The molecule has 7 nitrogen and oxygen atoms in total. The number of aromatic nitrogens is 1. The van der Waals surface area contributed by atoms with Crippen molar-refractivity contribution >= 4 is 47.4 Å². The van der Waals surface area contributed by atoms with E-state index in [0.717, 1.165) is 30.0 Å². The maximum atomic E-state index is 10.7. The zero-order valence-electron chi connectivity index (χ0n) is 15.1. The van der Waals surface area contributed by atoms with Crippen LogP contribution in [-0.2, 0) is 13.1 Å². The van der Waals surface area contributed by atoms with Gasteiger partial charge in [0.1, 0.15) is 0 Å². The number of hydrogen-bond acceptors (Lipinski definition) is 5. The summed E-state index contributed by atoms with van der Waals surface area (Å²) in [5.74, 6) is 1.79. The van der Waals surface area contributed by atoms with Crippen LogP contribution < -0.4 is 10.6 Å². The zero-order valence-corrected chi connectivity index (χ0v) is 18.3. The predicted octanol–water partition coefficient (Wildman–Crippen LogP) is 3.60. The van der Waals surface area contributed by atoms with Crippen LogP contribution in [0.2, 0.25) is 0 Å². The molecule has 9 heteroatoms. The minimum Gasteiger partial charge on any atom is -0.356 e. The Morgan fingerprint density at radius 1 is 1.22 bits per heavy atom. The molecule has 0 saturated heterocycles. The van der Waals surface area contributed by atoms with Gasteiger partial charge in [-0.1, -0.05) is 18.2 Å². The van der Waals surface area contributed by atoms with Crippen LogP contribution in [0.15, 0.2) is 53.7 Å². The molecule has 0 atom stereocenters. The second-order valence-electron chi connectivity index (χ2n) is 5.54. The van der Waals surface area contributed by atoms with Gasteiger partial charge in [-0.15, -0.1) is 24.0 Å². The number of thioether (sulfide) groups is 1. The van der Waals surface area contributed by atoms with Crippen LogP contribution in [0.1, 0.15) is 17.7 Å². The standard InChI is InChI=1S/C18H23N5O2S.HI/c1-26-12-4-11-20-18(22-14-16-5-2-3-10-19-16)21-13-15-6-8-17(9-7-15)23(24)25;/h2-3,5-10H,4,11-14H2,1H3,(H2,20,21,22);1H. The molecule has 0 amide bonds. The summed E-state index contributed by atoms with van der Waals surface area (Å²) in [6.45, 7) is 1.85. The largest absolute Gasteiger partial charge is 0.356 e. The summed E-state index contributed by atoms with van der Waals surface area (Å²) in [5, 5.41) is 17.3. The number of rotatable bonds is 9. The van der Waals surface area contributed by atoms with Crippen molar-refractivity contribution in [2.45, 2.75) is 19.5 Å². The topological polar surface area (TPSA) is 92.5 Å². The molecule has 0 fully saturated rings. The molecule has 146 valence electrons. The third kappa shape index (κ3) is 9.05. The van der Waals surface area contributed by atoms with Crippen LogP contribution in [-0.4, -0.2) is 34.4 Å². The van der Waals surface area contributed by atoms with Gasteiger partial charge in [0.05, 0.1) is 23.7 Å². The fraction of sp³-hybridized carbons (Fsp3) is 0.333. The molecule has 1 aromatic heterocycles. The number of nitro benzene ring substituents is 1. The highest BCUT2D eigenvalue weighted by Crippen LogP contribution is 2.12. The van der Waals surface area contributed by atoms with Crippen LogP contribution in [0, 0.1) is 10.1 Å². The van der Waals surface area contributed by atoms with Gasteiger partial charge in [0.2, 0.25) is 0 Å². The van der Waals surface area contributed by atoms with Gasteiger partial charge in [-0.3, -0.25) is 15.1 Å². The lowest BCUT2D eigenvalue weighted by Crippen LogP contribution is -2.37. The third-order valence-electron chi connectivity index (χ3n) is 3.55. The smallest absolute Gasteiger partial charge is 0.269 e. The Hall–Kier alpha value is -1.88. The van der Waals surface area contributed by atoms with Crippen LogP contribution in [0.25, 0.3) is 0 Å². The number of hydrogen-bond donors (Lipinski definition) is 2. The van der Waals surface area contributed by atoms with Gasteiger partial charge in [-0.05, 0) is 36.1 Å². The van der Waals surface area contributed by atoms with E-state index < -0.39 is 4.92 Å². The summed E-state index contributed by atoms with van der Waals surface area (Å²) in [7, 11) is 0. The molecule has 2 rings (SSSR count). The fourth-order valence-electron chi connectivity index (χ4n) is 2.17. The zero-order chi connectivity index (χ0) is 18.6. The van der Waals surface area contributed by atoms with Crippen molar-refractivity contribution in [1.29, 1.82) is 0 Å². The van der Waals surface area contributed by atoms with Gasteiger partial charge >= 0.3 is 0 Å². The second kappa shape index (κ2) is 13.3. The third-order valence-corrected chi connectivity index (χ3v) is 4.24. The van der Waals surface area contributed by atoms with E-state index in [4.69, 9.17) is 0 Å². The Labute approximate surface area is 180 Å². The normalized spacial score (nSPS) is 10.8. The van der Waals surface area contributed by atoms with E-state index >= 15 is 0 Å². The van der Waals surface area contributed by atoms with E-state index in [1.165, 1.54) is 12.1 Å². The van der Waals surface area contributed by atoms with Gasteiger partial charge < -0.3 is 10.6 Å². The Morgan fingerprint density at radius 3 is 2.63 bits per heavy atom. The van der Waals surface area contributed by atoms with Crippen molar-refractivity contribution in [2.75, 3.05) is 18.6 Å². The first kappa shape index (κ1) is 23.2. The summed E-state index contributed by atoms with van der Waals surface area (Å²) >= 11 is 1.81. The number of guanidine groups is 1. The molecular formula is C18H24IN5O2S. The number of aliphatic imine (C=N–C) groups is 1. The number of halogens is 1. The molecule has 0 saturated carbocycles. The van der Waals surface area contributed by atoms with Crippen LogP contribution >= 0.6 is 35.7 Å². The Morgan fingerprint density at radius 2 is 2.00 bits per heavy atom. The minimum atomic E-state index is -0.403. The predicted molar refractivity (Wildman–Crippen MR) is 122 cm³/mol. The van der Waals surface area contributed by atoms with Gasteiger partial charge in [0.25, 0.3) is 5.69 Å². The molecule has 1 aromatic carbocycles. The van der Waals surface area contributed by atoms with E-state index in [1.807, 2.05) is 30.0 Å². The lowest BCUT2D eigenvalue weighted by atomic mass is 10.2. The SMILES string of the molecule is CSCCCNC(=NCc1ccc([N+](=O)[O-])cc1)NCc1ccccn1.I. The molecular weight excluding hydrogens is 477 g/mol. The first-order valence-corrected chi connectivity index (χ1v) is 9.73. The van der Waals surface area contributed by atoms with Crippen molar-refractivity contribution in [3.05, 3.63) is 70.0 Å². The van der Waals surface area contributed by atoms with E-state index in [-0.39, 0.29) is 29.7 Å². The average molecular weight is 501 g/mol. The summed E-state index contributed by atoms with van der Waals surface area (Å²) in [5.41, 5.74) is 1.93. The van der Waals surface area contributed by atoms with Crippen LogP contribution in [0.4, 0.5) is 5.69 Å². The molecule has 2 aromatic rings. The number of nitro groups is 1. The molecule has 0 radical (unpaired) electrons. The number of nitrogens with zero attached hydrogens (tertiary/aromatic N) is 3. The maximum Gasteiger partial charge on any atom is 0.269 e. The van der Waals surface area contributed by atoms with Crippen molar-refractivity contribution in [1.82, 2.24) is 15.6 Å². The fourth-order valence-corrected chi connectivity index (χ4v) is 2.60. The summed E-state index contributed by atoms with van der Waals surface area (Å²) in [6, 6.07) is 12.2. The van der Waals surface area contributed by atoms with E-state index in [0.29, 0.717) is 19.0 Å². The molecule has 0 unspecified atom stereocenters. The number of non-ortho nitro benzene ring substituents is 1. The summed E-state index contributed by atoms with van der Waals surface area (Å²) in [4.78, 5) is 19.2. The molecule has 0 bridgehead atoms. The lowest BCUT2D eigenvalue weighted by Gasteiger charge is -2.12. The van der Waals surface area contributed by atoms with Crippen molar-refractivity contribution in [3.63, 3.8) is 0 Å². The minimum absolute atomic E-state index is 0. The highest BCUT2D eigenvalue weighted by Gasteiger charge is 2.04. The van der Waals surface area contributed by atoms with Crippen LogP contribution in [0.5, 0.6) is 0 Å². The number of pyridine rings is 1. The lowest BCUT2D eigenvalue weighted by molar-refractivity contribution is -0.384. The highest BCUT2D eigenvalue weighted by atomic mass is 127. The van der Waals surface area contributed by atoms with Crippen LogP contribution in [0.3, 0.4) is 0 Å². The monoisotopic (exact) mass is 501 g/mol. The Kier molecular flexibility index (Phi) is 11.4. The van der Waals surface area contributed by atoms with Crippen molar-refractivity contribution in [3.8, 4) is 0 Å². The van der Waals surface area contributed by atoms with Gasteiger partial charge in [-0.25, -0.2) is 4.99 Å². The molecule has 0 spiro atoms. The number of benzene rings is 1.